The summed E-state index contributed by atoms with van der Waals surface area (Å²) >= 11 is 1.83. The number of hydrogen-bond acceptors (Lipinski definition) is 3. The van der Waals surface area contributed by atoms with Crippen LogP contribution < -0.4 is 0 Å². The van der Waals surface area contributed by atoms with Crippen LogP contribution in [0.2, 0.25) is 0 Å². The lowest BCUT2D eigenvalue weighted by Crippen LogP contribution is -2.28. The van der Waals surface area contributed by atoms with Crippen LogP contribution in [0.5, 0.6) is 0 Å². The first kappa shape index (κ1) is 30.9. The molecule has 11 rings (SSSR count). The molecule has 0 radical (unpaired) electrons. The van der Waals surface area contributed by atoms with Crippen LogP contribution in [0.3, 0.4) is 0 Å². The van der Waals surface area contributed by atoms with Crippen LogP contribution in [-0.2, 0) is 5.41 Å². The standard InChI is InChI=1S/C51H32N2S/c1-3-15-33(16-4-1)49-48-44(29-30-46-47(48)41-25-9-12-28-45(41)54-46)52-50(53-49)36-19-13-17-34(31-36)35-18-14-22-38(32-35)51(37-20-5-2-6-21-37)42-26-10-7-23-39(42)40-24-8-11-27-43(40)51/h1-32H. The van der Waals surface area contributed by atoms with Crippen molar-refractivity contribution in [3.63, 3.8) is 0 Å². The van der Waals surface area contributed by atoms with Crippen molar-refractivity contribution in [3.8, 4) is 44.9 Å². The van der Waals surface area contributed by atoms with Crippen molar-refractivity contribution in [2.24, 2.45) is 0 Å². The molecule has 8 aromatic carbocycles. The van der Waals surface area contributed by atoms with E-state index < -0.39 is 5.41 Å². The van der Waals surface area contributed by atoms with Gasteiger partial charge in [-0.25, -0.2) is 9.97 Å². The van der Waals surface area contributed by atoms with Gasteiger partial charge in [0.1, 0.15) is 0 Å². The Morgan fingerprint density at radius 3 is 1.76 bits per heavy atom. The molecule has 2 nitrogen and oxygen atoms in total. The fourth-order valence-electron chi connectivity index (χ4n) is 8.86. The van der Waals surface area contributed by atoms with Crippen LogP contribution >= 0.6 is 11.3 Å². The molecule has 0 N–H and O–H groups in total. The van der Waals surface area contributed by atoms with E-state index in [1.54, 1.807) is 0 Å². The Morgan fingerprint density at radius 1 is 0.389 bits per heavy atom. The Balaban J connectivity index is 1.10. The zero-order valence-corrected chi connectivity index (χ0v) is 30.1. The molecular weight excluding hydrogens is 673 g/mol. The molecule has 0 amide bonds. The lowest BCUT2D eigenvalue weighted by molar-refractivity contribution is 0.769. The van der Waals surface area contributed by atoms with Crippen LogP contribution in [0.25, 0.3) is 76.0 Å². The van der Waals surface area contributed by atoms with Gasteiger partial charge < -0.3 is 0 Å². The van der Waals surface area contributed by atoms with E-state index in [1.165, 1.54) is 53.6 Å². The maximum Gasteiger partial charge on any atom is 0.160 e. The van der Waals surface area contributed by atoms with Crippen molar-refractivity contribution in [1.29, 1.82) is 0 Å². The molecule has 0 bridgehead atoms. The van der Waals surface area contributed by atoms with Gasteiger partial charge in [0.05, 0.1) is 16.6 Å². The second-order valence-corrected chi connectivity index (χ2v) is 15.1. The van der Waals surface area contributed by atoms with E-state index in [9.17, 15) is 0 Å². The second kappa shape index (κ2) is 12.2. The lowest BCUT2D eigenvalue weighted by Gasteiger charge is -2.34. The summed E-state index contributed by atoms with van der Waals surface area (Å²) in [6, 6.07) is 70.2. The number of fused-ring (bicyclic) bond motifs is 8. The average molecular weight is 705 g/mol. The molecule has 252 valence electrons. The van der Waals surface area contributed by atoms with E-state index >= 15 is 0 Å². The van der Waals surface area contributed by atoms with Crippen LogP contribution in [0.15, 0.2) is 194 Å². The predicted octanol–water partition coefficient (Wildman–Crippen LogP) is 13.4. The summed E-state index contributed by atoms with van der Waals surface area (Å²) in [6.07, 6.45) is 0. The van der Waals surface area contributed by atoms with Crippen molar-refractivity contribution in [2.45, 2.75) is 5.41 Å². The number of aromatic nitrogens is 2. The van der Waals surface area contributed by atoms with Gasteiger partial charge in [-0.15, -0.1) is 11.3 Å². The van der Waals surface area contributed by atoms with Crippen molar-refractivity contribution in [1.82, 2.24) is 9.97 Å². The Morgan fingerprint density at radius 2 is 0.981 bits per heavy atom. The van der Waals surface area contributed by atoms with E-state index in [0.717, 1.165) is 44.7 Å². The molecule has 10 aromatic rings. The SMILES string of the molecule is c1ccc(-c2nc(-c3cccc(-c4cccc(C5(c6ccccc6)c6ccccc6-c6ccccc65)c4)c3)nc3ccc4sc5ccccc5c4c23)cc1. The Bertz CT molecular complexity index is 3010. The number of benzene rings is 8. The molecule has 0 atom stereocenters. The summed E-state index contributed by atoms with van der Waals surface area (Å²) in [4.78, 5) is 10.7. The number of thiophene rings is 1. The normalized spacial score (nSPS) is 13.0. The van der Waals surface area contributed by atoms with Crippen LogP contribution in [-0.4, -0.2) is 9.97 Å². The molecule has 1 aliphatic rings. The molecule has 2 aromatic heterocycles. The average Bonchev–Trinajstić information content (AvgIpc) is 3.78. The van der Waals surface area contributed by atoms with Gasteiger partial charge in [0.2, 0.25) is 0 Å². The molecule has 54 heavy (non-hydrogen) atoms. The Hall–Kier alpha value is -6.68. The molecule has 0 fully saturated rings. The maximum atomic E-state index is 5.39. The first-order chi connectivity index (χ1) is 26.8. The van der Waals surface area contributed by atoms with E-state index in [-0.39, 0.29) is 0 Å². The predicted molar refractivity (Wildman–Crippen MR) is 226 cm³/mol. The molecular formula is C51H32N2S. The molecule has 0 saturated carbocycles. The number of hydrogen-bond donors (Lipinski definition) is 0. The van der Waals surface area contributed by atoms with Gasteiger partial charge in [-0.05, 0) is 74.8 Å². The Kier molecular flexibility index (Phi) is 6.98. The third-order valence-electron chi connectivity index (χ3n) is 11.2. The van der Waals surface area contributed by atoms with E-state index in [4.69, 9.17) is 9.97 Å². The maximum absolute atomic E-state index is 5.39. The van der Waals surface area contributed by atoms with Crippen molar-refractivity contribution >= 4 is 42.4 Å². The van der Waals surface area contributed by atoms with Gasteiger partial charge in [0.15, 0.2) is 5.82 Å². The molecule has 0 aliphatic heterocycles. The van der Waals surface area contributed by atoms with Gasteiger partial charge in [0, 0.05) is 36.7 Å². The summed E-state index contributed by atoms with van der Waals surface area (Å²) in [5.41, 5.74) is 13.5. The zero-order chi connectivity index (χ0) is 35.6. The molecule has 0 saturated heterocycles. The lowest BCUT2D eigenvalue weighted by atomic mass is 9.67. The van der Waals surface area contributed by atoms with Crippen LogP contribution in [0.4, 0.5) is 0 Å². The van der Waals surface area contributed by atoms with E-state index in [1.807, 2.05) is 11.3 Å². The van der Waals surface area contributed by atoms with Gasteiger partial charge in [-0.3, -0.25) is 0 Å². The van der Waals surface area contributed by atoms with Crippen molar-refractivity contribution in [3.05, 3.63) is 216 Å². The third kappa shape index (κ3) is 4.59. The Labute approximate surface area is 317 Å². The molecule has 0 spiro atoms. The number of rotatable bonds is 5. The second-order valence-electron chi connectivity index (χ2n) is 14.1. The third-order valence-corrected chi connectivity index (χ3v) is 12.3. The monoisotopic (exact) mass is 704 g/mol. The van der Waals surface area contributed by atoms with Gasteiger partial charge in [-0.2, -0.15) is 0 Å². The smallest absolute Gasteiger partial charge is 0.160 e. The minimum absolute atomic E-state index is 0.453. The first-order valence-electron chi connectivity index (χ1n) is 18.4. The zero-order valence-electron chi connectivity index (χ0n) is 29.3. The fourth-order valence-corrected chi connectivity index (χ4v) is 9.97. The minimum atomic E-state index is -0.453. The topological polar surface area (TPSA) is 25.8 Å². The van der Waals surface area contributed by atoms with Crippen LogP contribution in [0.1, 0.15) is 22.3 Å². The highest BCUT2D eigenvalue weighted by Crippen LogP contribution is 2.56. The summed E-state index contributed by atoms with van der Waals surface area (Å²) in [6.45, 7) is 0. The fraction of sp³-hybridized carbons (Fsp3) is 0.0196. The van der Waals surface area contributed by atoms with Crippen molar-refractivity contribution in [2.75, 3.05) is 0 Å². The van der Waals surface area contributed by atoms with E-state index in [0.29, 0.717) is 0 Å². The van der Waals surface area contributed by atoms with E-state index in [2.05, 4.69) is 194 Å². The molecule has 3 heteroatoms. The first-order valence-corrected chi connectivity index (χ1v) is 19.2. The summed E-state index contributed by atoms with van der Waals surface area (Å²) < 4.78 is 2.52. The summed E-state index contributed by atoms with van der Waals surface area (Å²) in [7, 11) is 0. The highest BCUT2D eigenvalue weighted by molar-refractivity contribution is 7.26. The van der Waals surface area contributed by atoms with Gasteiger partial charge in [-0.1, -0.05) is 164 Å². The summed E-state index contributed by atoms with van der Waals surface area (Å²) in [5.74, 6) is 0.720. The van der Waals surface area contributed by atoms with Crippen molar-refractivity contribution < 1.29 is 0 Å². The highest BCUT2D eigenvalue weighted by Gasteiger charge is 2.45. The number of nitrogens with zero attached hydrogens (tertiary/aromatic N) is 2. The molecule has 1 aliphatic carbocycles. The molecule has 2 heterocycles. The van der Waals surface area contributed by atoms with Gasteiger partial charge in [0.25, 0.3) is 0 Å². The minimum Gasteiger partial charge on any atom is -0.228 e. The summed E-state index contributed by atoms with van der Waals surface area (Å²) in [5, 5.41) is 3.58. The van der Waals surface area contributed by atoms with Crippen LogP contribution in [0, 0.1) is 0 Å². The quantitative estimate of drug-likeness (QED) is 0.178. The van der Waals surface area contributed by atoms with Gasteiger partial charge >= 0.3 is 0 Å². The molecule has 0 unspecified atom stereocenters. The largest absolute Gasteiger partial charge is 0.228 e. The highest BCUT2D eigenvalue weighted by atomic mass is 32.1.